The van der Waals surface area contributed by atoms with Crippen LogP contribution in [0.3, 0.4) is 0 Å². The Balaban J connectivity index is 2.30. The molecular formula is C8H14N2O3. The molecule has 1 saturated carbocycles. The van der Waals surface area contributed by atoms with E-state index in [0.717, 1.165) is 12.8 Å². The summed E-state index contributed by atoms with van der Waals surface area (Å²) < 4.78 is 0. The summed E-state index contributed by atoms with van der Waals surface area (Å²) in [6.07, 6.45) is 2.62. The Morgan fingerprint density at radius 2 is 1.92 bits per heavy atom. The van der Waals surface area contributed by atoms with E-state index in [-0.39, 0.29) is 16.9 Å². The quantitative estimate of drug-likeness (QED) is 0.510. The van der Waals surface area contributed by atoms with Gasteiger partial charge in [-0.05, 0) is 12.8 Å². The zero-order valence-corrected chi connectivity index (χ0v) is 7.66. The smallest absolute Gasteiger partial charge is 0.217 e. The number of rotatable bonds is 2. The molecule has 1 rings (SSSR count). The van der Waals surface area contributed by atoms with Gasteiger partial charge in [0.15, 0.2) is 0 Å². The molecule has 0 aliphatic heterocycles. The minimum atomic E-state index is -0.398. The first-order chi connectivity index (χ1) is 6.09. The molecule has 13 heavy (non-hydrogen) atoms. The van der Waals surface area contributed by atoms with Gasteiger partial charge in [0.2, 0.25) is 11.9 Å². The maximum atomic E-state index is 10.7. The lowest BCUT2D eigenvalue weighted by Crippen LogP contribution is -2.39. The van der Waals surface area contributed by atoms with Crippen LogP contribution in [0.4, 0.5) is 0 Å². The summed E-state index contributed by atoms with van der Waals surface area (Å²) in [6.45, 7) is 1.47. The summed E-state index contributed by atoms with van der Waals surface area (Å²) in [7, 11) is 0. The average molecular weight is 186 g/mol. The second-order valence-corrected chi connectivity index (χ2v) is 3.49. The molecule has 1 aliphatic rings. The van der Waals surface area contributed by atoms with Crippen molar-refractivity contribution in [1.82, 2.24) is 5.32 Å². The first-order valence-corrected chi connectivity index (χ1v) is 4.50. The fraction of sp³-hybridized carbons (Fsp3) is 0.875. The summed E-state index contributed by atoms with van der Waals surface area (Å²) >= 11 is 0. The van der Waals surface area contributed by atoms with Crippen LogP contribution in [0.2, 0.25) is 0 Å². The van der Waals surface area contributed by atoms with E-state index < -0.39 is 6.04 Å². The molecule has 1 fully saturated rings. The molecule has 0 atom stereocenters. The van der Waals surface area contributed by atoms with Gasteiger partial charge in [-0.1, -0.05) is 0 Å². The molecule has 0 unspecified atom stereocenters. The van der Waals surface area contributed by atoms with E-state index in [1.165, 1.54) is 6.92 Å². The molecule has 0 aromatic rings. The third-order valence-corrected chi connectivity index (χ3v) is 2.40. The van der Waals surface area contributed by atoms with E-state index in [9.17, 15) is 14.9 Å². The highest BCUT2D eigenvalue weighted by atomic mass is 16.6. The molecule has 1 amide bonds. The van der Waals surface area contributed by atoms with Crippen LogP contribution in [0, 0.1) is 10.1 Å². The standard InChI is InChI=1S/C8H14N2O3/c1-6(11)9-7-2-4-8(5-3-7)10(12)13/h7-8H,2-5H2,1H3,(H,9,11). The van der Waals surface area contributed by atoms with Gasteiger partial charge in [0, 0.05) is 30.7 Å². The highest BCUT2D eigenvalue weighted by molar-refractivity contribution is 5.73. The average Bonchev–Trinajstić information content (AvgIpc) is 2.04. The normalized spacial score (nSPS) is 28.1. The fourth-order valence-corrected chi connectivity index (χ4v) is 1.72. The van der Waals surface area contributed by atoms with Crippen LogP contribution >= 0.6 is 0 Å². The summed E-state index contributed by atoms with van der Waals surface area (Å²) in [4.78, 5) is 20.9. The lowest BCUT2D eigenvalue weighted by atomic mass is 9.91. The third-order valence-electron chi connectivity index (χ3n) is 2.40. The number of nitrogens with zero attached hydrogens (tertiary/aromatic N) is 1. The van der Waals surface area contributed by atoms with Gasteiger partial charge < -0.3 is 5.32 Å². The van der Waals surface area contributed by atoms with Crippen molar-refractivity contribution in [2.24, 2.45) is 0 Å². The molecule has 0 heterocycles. The van der Waals surface area contributed by atoms with Crippen LogP contribution in [0.15, 0.2) is 0 Å². The van der Waals surface area contributed by atoms with Crippen molar-refractivity contribution in [2.75, 3.05) is 0 Å². The minimum Gasteiger partial charge on any atom is -0.354 e. The highest BCUT2D eigenvalue weighted by Crippen LogP contribution is 2.20. The van der Waals surface area contributed by atoms with Crippen molar-refractivity contribution in [3.8, 4) is 0 Å². The number of hydrogen-bond acceptors (Lipinski definition) is 3. The summed E-state index contributed by atoms with van der Waals surface area (Å²) in [5.74, 6) is -0.0513. The van der Waals surface area contributed by atoms with Gasteiger partial charge in [-0.25, -0.2) is 0 Å². The van der Waals surface area contributed by atoms with Crippen molar-refractivity contribution < 1.29 is 9.72 Å². The molecule has 5 nitrogen and oxygen atoms in total. The molecule has 0 saturated heterocycles. The number of carbonyl (C=O) groups excluding carboxylic acids is 1. The van der Waals surface area contributed by atoms with Crippen LogP contribution in [-0.4, -0.2) is 22.9 Å². The number of nitro groups is 1. The van der Waals surface area contributed by atoms with Crippen molar-refractivity contribution in [3.05, 3.63) is 10.1 Å². The predicted molar refractivity (Wildman–Crippen MR) is 46.9 cm³/mol. The topological polar surface area (TPSA) is 72.2 Å². The van der Waals surface area contributed by atoms with E-state index >= 15 is 0 Å². The molecule has 0 aromatic carbocycles. The van der Waals surface area contributed by atoms with Crippen molar-refractivity contribution in [1.29, 1.82) is 0 Å². The molecule has 0 radical (unpaired) electrons. The van der Waals surface area contributed by atoms with Crippen LogP contribution in [-0.2, 0) is 4.79 Å². The summed E-state index contributed by atoms with van der Waals surface area (Å²) in [5.41, 5.74) is 0. The SMILES string of the molecule is CC(=O)NC1CCC([N+](=O)[O-])CC1. The van der Waals surface area contributed by atoms with Crippen molar-refractivity contribution in [2.45, 2.75) is 44.7 Å². The largest absolute Gasteiger partial charge is 0.354 e. The molecule has 5 heteroatoms. The van der Waals surface area contributed by atoms with Crippen LogP contribution in [0.25, 0.3) is 0 Å². The number of nitrogens with one attached hydrogen (secondary N) is 1. The van der Waals surface area contributed by atoms with E-state index in [4.69, 9.17) is 0 Å². The number of carbonyl (C=O) groups is 1. The van der Waals surface area contributed by atoms with Crippen LogP contribution < -0.4 is 5.32 Å². The van der Waals surface area contributed by atoms with Gasteiger partial charge in [-0.15, -0.1) is 0 Å². The lowest BCUT2D eigenvalue weighted by Gasteiger charge is -2.24. The van der Waals surface area contributed by atoms with E-state index in [2.05, 4.69) is 5.32 Å². The van der Waals surface area contributed by atoms with Gasteiger partial charge in [0.25, 0.3) is 0 Å². The molecular weight excluding hydrogens is 172 g/mol. The first-order valence-electron chi connectivity index (χ1n) is 4.50. The van der Waals surface area contributed by atoms with Crippen molar-refractivity contribution >= 4 is 5.91 Å². The molecule has 74 valence electrons. The minimum absolute atomic E-state index is 0.0513. The van der Waals surface area contributed by atoms with Gasteiger partial charge >= 0.3 is 0 Å². The first kappa shape index (κ1) is 9.95. The maximum absolute atomic E-state index is 10.7. The van der Waals surface area contributed by atoms with Gasteiger partial charge in [0.05, 0.1) is 0 Å². The highest BCUT2D eigenvalue weighted by Gasteiger charge is 2.28. The van der Waals surface area contributed by atoms with E-state index in [0.29, 0.717) is 12.8 Å². The summed E-state index contributed by atoms with van der Waals surface area (Å²) in [6, 6.07) is -0.251. The molecule has 1 aliphatic carbocycles. The Labute approximate surface area is 76.7 Å². The molecule has 0 bridgehead atoms. The fourth-order valence-electron chi connectivity index (χ4n) is 1.72. The van der Waals surface area contributed by atoms with Crippen molar-refractivity contribution in [3.63, 3.8) is 0 Å². The Bertz CT molecular complexity index is 209. The molecule has 0 spiro atoms. The Hall–Kier alpha value is -1.13. The lowest BCUT2D eigenvalue weighted by molar-refractivity contribution is -0.526. The van der Waals surface area contributed by atoms with Crippen LogP contribution in [0.1, 0.15) is 32.6 Å². The Kier molecular flexibility index (Phi) is 3.22. The van der Waals surface area contributed by atoms with E-state index in [1.54, 1.807) is 0 Å². The van der Waals surface area contributed by atoms with Gasteiger partial charge in [-0.2, -0.15) is 0 Å². The van der Waals surface area contributed by atoms with Crippen LogP contribution in [0.5, 0.6) is 0 Å². The summed E-state index contributed by atoms with van der Waals surface area (Å²) in [5, 5.41) is 13.2. The number of amides is 1. The van der Waals surface area contributed by atoms with Gasteiger partial charge in [-0.3, -0.25) is 14.9 Å². The third kappa shape index (κ3) is 3.01. The monoisotopic (exact) mass is 186 g/mol. The Morgan fingerprint density at radius 1 is 1.38 bits per heavy atom. The molecule has 1 N–H and O–H groups in total. The second kappa shape index (κ2) is 4.20. The Morgan fingerprint density at radius 3 is 2.31 bits per heavy atom. The number of hydrogen-bond donors (Lipinski definition) is 1. The zero-order valence-electron chi connectivity index (χ0n) is 7.66. The second-order valence-electron chi connectivity index (χ2n) is 3.49. The van der Waals surface area contributed by atoms with Gasteiger partial charge in [0.1, 0.15) is 0 Å². The maximum Gasteiger partial charge on any atom is 0.217 e. The van der Waals surface area contributed by atoms with E-state index in [1.807, 2.05) is 0 Å². The predicted octanol–water partition coefficient (Wildman–Crippen LogP) is 0.710. The zero-order chi connectivity index (χ0) is 9.84. The molecule has 0 aromatic heterocycles.